The molecule has 4 rings (SSSR count). The molecule has 0 saturated heterocycles. The molecule has 0 aliphatic rings. The zero-order valence-electron chi connectivity index (χ0n) is 16.2. The number of H-pyrrole nitrogens is 1. The number of hydrogen-bond acceptors (Lipinski definition) is 2. The number of ether oxygens (including phenoxy) is 1. The summed E-state index contributed by atoms with van der Waals surface area (Å²) < 4.78 is 5.99. The summed E-state index contributed by atoms with van der Waals surface area (Å²) in [5.41, 5.74) is 6.32. The first-order valence-electron chi connectivity index (χ1n) is 9.63. The topological polar surface area (TPSA) is 37.9 Å². The van der Waals surface area contributed by atoms with E-state index in [0.29, 0.717) is 11.6 Å². The number of allylic oxidation sites excluding steroid dienone is 1. The number of pyridine rings is 1. The molecular formula is C24H23ClN2O. The molecule has 2 aromatic heterocycles. The highest BCUT2D eigenvalue weighted by Gasteiger charge is 2.16. The van der Waals surface area contributed by atoms with Crippen molar-refractivity contribution in [3.63, 3.8) is 0 Å². The number of fused-ring (bicyclic) bond motifs is 3. The van der Waals surface area contributed by atoms with E-state index in [2.05, 4.69) is 60.7 Å². The maximum absolute atomic E-state index is 6.26. The van der Waals surface area contributed by atoms with Gasteiger partial charge in [-0.1, -0.05) is 50.2 Å². The SMILES string of the molecule is C=C(CC)c1cccc(-c2ccc(OCCC)c3[nH]c4ncc(Cl)cc4c23)c1. The van der Waals surface area contributed by atoms with Gasteiger partial charge in [-0.15, -0.1) is 0 Å². The van der Waals surface area contributed by atoms with Gasteiger partial charge in [-0.05, 0) is 59.4 Å². The molecule has 0 radical (unpaired) electrons. The largest absolute Gasteiger partial charge is 0.491 e. The molecule has 28 heavy (non-hydrogen) atoms. The quantitative estimate of drug-likeness (QED) is 0.376. The summed E-state index contributed by atoms with van der Waals surface area (Å²) >= 11 is 6.26. The highest BCUT2D eigenvalue weighted by Crippen LogP contribution is 2.40. The molecule has 0 aliphatic heterocycles. The Balaban J connectivity index is 2.00. The number of aromatic amines is 1. The Bertz CT molecular complexity index is 1180. The van der Waals surface area contributed by atoms with Crippen LogP contribution in [0.3, 0.4) is 0 Å². The van der Waals surface area contributed by atoms with E-state index in [1.165, 1.54) is 0 Å². The van der Waals surface area contributed by atoms with Gasteiger partial charge in [-0.3, -0.25) is 0 Å². The van der Waals surface area contributed by atoms with Crippen molar-refractivity contribution in [1.82, 2.24) is 9.97 Å². The van der Waals surface area contributed by atoms with Crippen LogP contribution < -0.4 is 4.74 Å². The van der Waals surface area contributed by atoms with E-state index >= 15 is 0 Å². The van der Waals surface area contributed by atoms with Gasteiger partial charge < -0.3 is 9.72 Å². The van der Waals surface area contributed by atoms with Crippen molar-refractivity contribution in [2.24, 2.45) is 0 Å². The molecule has 0 aliphatic carbocycles. The Morgan fingerprint density at radius 1 is 1.18 bits per heavy atom. The molecule has 4 aromatic rings. The Morgan fingerprint density at radius 3 is 2.82 bits per heavy atom. The number of benzene rings is 2. The maximum Gasteiger partial charge on any atom is 0.143 e. The van der Waals surface area contributed by atoms with Crippen LogP contribution in [0.25, 0.3) is 38.6 Å². The molecule has 0 atom stereocenters. The number of hydrogen-bond donors (Lipinski definition) is 1. The van der Waals surface area contributed by atoms with Gasteiger partial charge in [0.25, 0.3) is 0 Å². The second kappa shape index (κ2) is 7.69. The summed E-state index contributed by atoms with van der Waals surface area (Å²) in [6.07, 6.45) is 3.54. The van der Waals surface area contributed by atoms with Crippen LogP contribution >= 0.6 is 11.6 Å². The third kappa shape index (κ3) is 3.27. The number of nitrogens with one attached hydrogen (secondary N) is 1. The van der Waals surface area contributed by atoms with Crippen molar-refractivity contribution >= 4 is 39.1 Å². The van der Waals surface area contributed by atoms with Crippen molar-refractivity contribution < 1.29 is 4.74 Å². The molecule has 1 N–H and O–H groups in total. The molecule has 2 aromatic carbocycles. The van der Waals surface area contributed by atoms with Crippen LogP contribution in [0.15, 0.2) is 55.2 Å². The van der Waals surface area contributed by atoms with Gasteiger partial charge in [0.2, 0.25) is 0 Å². The van der Waals surface area contributed by atoms with E-state index in [9.17, 15) is 0 Å². The Kier molecular flexibility index (Phi) is 5.10. The van der Waals surface area contributed by atoms with E-state index < -0.39 is 0 Å². The molecule has 0 unspecified atom stereocenters. The minimum absolute atomic E-state index is 0.618. The average molecular weight is 391 g/mol. The first-order chi connectivity index (χ1) is 13.6. The van der Waals surface area contributed by atoms with Gasteiger partial charge in [-0.25, -0.2) is 4.98 Å². The molecule has 3 nitrogen and oxygen atoms in total. The smallest absolute Gasteiger partial charge is 0.143 e. The van der Waals surface area contributed by atoms with Crippen LogP contribution in [0.2, 0.25) is 5.02 Å². The van der Waals surface area contributed by atoms with E-state index in [1.54, 1.807) is 6.20 Å². The minimum Gasteiger partial charge on any atom is -0.491 e. The fraction of sp³-hybridized carbons (Fsp3) is 0.208. The first kappa shape index (κ1) is 18.6. The zero-order valence-corrected chi connectivity index (χ0v) is 16.9. The van der Waals surface area contributed by atoms with Crippen LogP contribution in [0.1, 0.15) is 32.3 Å². The predicted molar refractivity (Wildman–Crippen MR) is 119 cm³/mol. The molecule has 0 spiro atoms. The molecule has 0 bridgehead atoms. The number of nitrogens with zero attached hydrogens (tertiary/aromatic N) is 1. The molecular weight excluding hydrogens is 368 g/mol. The van der Waals surface area contributed by atoms with E-state index in [-0.39, 0.29) is 0 Å². The van der Waals surface area contributed by atoms with Gasteiger partial charge in [0.05, 0.1) is 17.1 Å². The lowest BCUT2D eigenvalue weighted by molar-refractivity contribution is 0.320. The van der Waals surface area contributed by atoms with Crippen molar-refractivity contribution in [2.75, 3.05) is 6.61 Å². The zero-order chi connectivity index (χ0) is 19.7. The van der Waals surface area contributed by atoms with Gasteiger partial charge >= 0.3 is 0 Å². The lowest BCUT2D eigenvalue weighted by Crippen LogP contribution is -1.96. The normalized spacial score (nSPS) is 11.2. The fourth-order valence-electron chi connectivity index (χ4n) is 3.52. The highest BCUT2D eigenvalue weighted by molar-refractivity contribution is 6.31. The van der Waals surface area contributed by atoms with Gasteiger partial charge in [0.15, 0.2) is 0 Å². The third-order valence-corrected chi connectivity index (χ3v) is 5.21. The Morgan fingerprint density at radius 2 is 2.04 bits per heavy atom. The highest BCUT2D eigenvalue weighted by atomic mass is 35.5. The Labute approximate surface area is 170 Å². The standard InChI is InChI=1S/C24H23ClN2O/c1-4-11-28-21-10-9-19(17-8-6-7-16(12-17)15(3)5-2)22-20-13-18(25)14-26-24(20)27-23(21)22/h6-10,12-14H,3-5,11H2,1-2H3,(H,26,27). The van der Waals surface area contributed by atoms with Gasteiger partial charge in [0.1, 0.15) is 11.4 Å². The number of aromatic nitrogens is 2. The lowest BCUT2D eigenvalue weighted by Gasteiger charge is -2.11. The van der Waals surface area contributed by atoms with Crippen LogP contribution in [0.4, 0.5) is 0 Å². The van der Waals surface area contributed by atoms with E-state index in [1.807, 2.05) is 12.1 Å². The summed E-state index contributed by atoms with van der Waals surface area (Å²) in [7, 11) is 0. The number of rotatable bonds is 6. The summed E-state index contributed by atoms with van der Waals surface area (Å²) in [4.78, 5) is 7.91. The summed E-state index contributed by atoms with van der Waals surface area (Å²) in [6.45, 7) is 9.08. The van der Waals surface area contributed by atoms with Crippen LogP contribution in [0.5, 0.6) is 5.75 Å². The van der Waals surface area contributed by atoms with Gasteiger partial charge in [-0.2, -0.15) is 0 Å². The fourth-order valence-corrected chi connectivity index (χ4v) is 3.68. The third-order valence-electron chi connectivity index (χ3n) is 5.00. The lowest BCUT2D eigenvalue weighted by atomic mass is 9.95. The molecule has 0 fully saturated rings. The first-order valence-corrected chi connectivity index (χ1v) is 10.0. The van der Waals surface area contributed by atoms with E-state index in [4.69, 9.17) is 16.3 Å². The predicted octanol–water partition coefficient (Wildman–Crippen LogP) is 7.25. The second-order valence-electron chi connectivity index (χ2n) is 6.92. The monoisotopic (exact) mass is 390 g/mol. The van der Waals surface area contributed by atoms with Crippen molar-refractivity contribution in [3.8, 4) is 16.9 Å². The van der Waals surface area contributed by atoms with Crippen LogP contribution in [-0.4, -0.2) is 16.6 Å². The number of halogens is 1. The maximum atomic E-state index is 6.26. The Hall–Kier alpha value is -2.78. The molecule has 4 heteroatoms. The molecule has 0 amide bonds. The van der Waals surface area contributed by atoms with E-state index in [0.717, 1.165) is 62.8 Å². The van der Waals surface area contributed by atoms with Gasteiger partial charge in [0, 0.05) is 17.0 Å². The van der Waals surface area contributed by atoms with Crippen LogP contribution in [0, 0.1) is 0 Å². The summed E-state index contributed by atoms with van der Waals surface area (Å²) in [5.74, 6) is 0.837. The van der Waals surface area contributed by atoms with Crippen molar-refractivity contribution in [3.05, 3.63) is 65.8 Å². The second-order valence-corrected chi connectivity index (χ2v) is 7.36. The molecule has 142 valence electrons. The van der Waals surface area contributed by atoms with Crippen molar-refractivity contribution in [2.45, 2.75) is 26.7 Å². The molecule has 0 saturated carbocycles. The summed E-state index contributed by atoms with van der Waals surface area (Å²) in [5, 5.41) is 2.70. The van der Waals surface area contributed by atoms with Crippen molar-refractivity contribution in [1.29, 1.82) is 0 Å². The average Bonchev–Trinajstić information content (AvgIpc) is 3.10. The molecule has 2 heterocycles. The van der Waals surface area contributed by atoms with Crippen LogP contribution in [-0.2, 0) is 0 Å². The minimum atomic E-state index is 0.618. The summed E-state index contributed by atoms with van der Waals surface area (Å²) in [6, 6.07) is 14.6.